The van der Waals surface area contributed by atoms with Gasteiger partial charge >= 0.3 is 0 Å². The molecule has 0 saturated carbocycles. The monoisotopic (exact) mass is 240 g/mol. The molecule has 1 aromatic rings. The highest BCUT2D eigenvalue weighted by molar-refractivity contribution is 6.29. The van der Waals surface area contributed by atoms with Gasteiger partial charge in [-0.15, -0.1) is 0 Å². The lowest BCUT2D eigenvalue weighted by atomic mass is 9.93. The molecular formula is C12H17ClN2O. The van der Waals surface area contributed by atoms with Crippen LogP contribution in [0.5, 0.6) is 0 Å². The van der Waals surface area contributed by atoms with Gasteiger partial charge in [0.05, 0.1) is 0 Å². The van der Waals surface area contributed by atoms with Crippen LogP contribution >= 0.6 is 11.6 Å². The molecule has 1 aliphatic heterocycles. The van der Waals surface area contributed by atoms with Crippen molar-refractivity contribution in [1.29, 1.82) is 0 Å². The zero-order valence-electron chi connectivity index (χ0n) is 9.45. The van der Waals surface area contributed by atoms with Crippen LogP contribution in [0.3, 0.4) is 0 Å². The standard InChI is InChI=1S/C12H17ClN2O/c1-9(10-5-7-16-8-6-10)14-12-4-2-3-11(13)15-12/h2-4,9-10H,5-8H2,1H3,(H,14,15). The average molecular weight is 241 g/mol. The SMILES string of the molecule is CC(Nc1cccc(Cl)n1)C1CCOCC1. The first-order valence-electron chi connectivity index (χ1n) is 5.72. The summed E-state index contributed by atoms with van der Waals surface area (Å²) in [5.74, 6) is 1.51. The molecule has 1 N–H and O–H groups in total. The van der Waals surface area contributed by atoms with Crippen LogP contribution in [0.2, 0.25) is 5.15 Å². The minimum Gasteiger partial charge on any atom is -0.381 e. The number of halogens is 1. The Morgan fingerprint density at radius 3 is 2.88 bits per heavy atom. The van der Waals surface area contributed by atoms with E-state index in [4.69, 9.17) is 16.3 Å². The first-order valence-corrected chi connectivity index (χ1v) is 6.10. The average Bonchev–Trinajstić information content (AvgIpc) is 2.30. The van der Waals surface area contributed by atoms with E-state index in [0.717, 1.165) is 31.9 Å². The molecule has 0 amide bonds. The van der Waals surface area contributed by atoms with Crippen molar-refractivity contribution in [2.45, 2.75) is 25.8 Å². The fraction of sp³-hybridized carbons (Fsp3) is 0.583. The maximum Gasteiger partial charge on any atom is 0.131 e. The molecule has 1 atom stereocenters. The fourth-order valence-electron chi connectivity index (χ4n) is 2.06. The summed E-state index contributed by atoms with van der Waals surface area (Å²) in [6.45, 7) is 3.94. The van der Waals surface area contributed by atoms with E-state index in [1.807, 2.05) is 12.1 Å². The van der Waals surface area contributed by atoms with Crippen molar-refractivity contribution >= 4 is 17.4 Å². The van der Waals surface area contributed by atoms with Crippen molar-refractivity contribution in [2.24, 2.45) is 5.92 Å². The molecule has 2 rings (SSSR count). The number of pyridine rings is 1. The smallest absolute Gasteiger partial charge is 0.131 e. The van der Waals surface area contributed by atoms with E-state index in [2.05, 4.69) is 17.2 Å². The molecule has 2 heterocycles. The lowest BCUT2D eigenvalue weighted by Gasteiger charge is -2.28. The van der Waals surface area contributed by atoms with E-state index in [9.17, 15) is 0 Å². The quantitative estimate of drug-likeness (QED) is 0.825. The summed E-state index contributed by atoms with van der Waals surface area (Å²) >= 11 is 5.84. The molecule has 1 saturated heterocycles. The minimum atomic E-state index is 0.412. The zero-order chi connectivity index (χ0) is 11.4. The highest BCUT2D eigenvalue weighted by atomic mass is 35.5. The number of nitrogens with one attached hydrogen (secondary N) is 1. The molecular weight excluding hydrogens is 224 g/mol. The van der Waals surface area contributed by atoms with Gasteiger partial charge in [0.15, 0.2) is 0 Å². The third kappa shape index (κ3) is 3.09. The van der Waals surface area contributed by atoms with E-state index in [-0.39, 0.29) is 0 Å². The summed E-state index contributed by atoms with van der Waals surface area (Å²) in [6.07, 6.45) is 2.24. The number of aromatic nitrogens is 1. The molecule has 0 spiro atoms. The predicted octanol–water partition coefficient (Wildman–Crippen LogP) is 2.96. The number of anilines is 1. The van der Waals surface area contributed by atoms with Gasteiger partial charge in [-0.05, 0) is 37.8 Å². The van der Waals surface area contributed by atoms with E-state index < -0.39 is 0 Å². The van der Waals surface area contributed by atoms with E-state index in [0.29, 0.717) is 17.1 Å². The largest absolute Gasteiger partial charge is 0.381 e. The van der Waals surface area contributed by atoms with Crippen LogP contribution < -0.4 is 5.32 Å². The molecule has 0 bridgehead atoms. The normalized spacial score (nSPS) is 19.4. The maximum atomic E-state index is 5.84. The molecule has 16 heavy (non-hydrogen) atoms. The van der Waals surface area contributed by atoms with E-state index in [1.165, 1.54) is 0 Å². The second-order valence-corrected chi connectivity index (χ2v) is 4.62. The highest BCUT2D eigenvalue weighted by Gasteiger charge is 2.20. The maximum absolute atomic E-state index is 5.84. The van der Waals surface area contributed by atoms with Crippen LogP contribution in [0, 0.1) is 5.92 Å². The molecule has 3 nitrogen and oxygen atoms in total. The van der Waals surface area contributed by atoms with Crippen molar-refractivity contribution in [3.63, 3.8) is 0 Å². The molecule has 1 aromatic heterocycles. The number of nitrogens with zero attached hydrogens (tertiary/aromatic N) is 1. The lowest BCUT2D eigenvalue weighted by molar-refractivity contribution is 0.0622. The van der Waals surface area contributed by atoms with Crippen molar-refractivity contribution in [3.8, 4) is 0 Å². The summed E-state index contributed by atoms with van der Waals surface area (Å²) in [5.41, 5.74) is 0. The minimum absolute atomic E-state index is 0.412. The first kappa shape index (κ1) is 11.7. The second kappa shape index (κ2) is 5.51. The summed E-state index contributed by atoms with van der Waals surface area (Å²) < 4.78 is 5.35. The van der Waals surface area contributed by atoms with Gasteiger partial charge in [-0.25, -0.2) is 4.98 Å². The molecule has 0 radical (unpaired) electrons. The third-order valence-corrected chi connectivity index (χ3v) is 3.27. The topological polar surface area (TPSA) is 34.2 Å². The lowest BCUT2D eigenvalue weighted by Crippen LogP contribution is -2.31. The molecule has 1 fully saturated rings. The van der Waals surface area contributed by atoms with Crippen LogP contribution in [0.15, 0.2) is 18.2 Å². The number of ether oxygens (including phenoxy) is 1. The predicted molar refractivity (Wildman–Crippen MR) is 65.9 cm³/mol. The van der Waals surface area contributed by atoms with Crippen molar-refractivity contribution in [1.82, 2.24) is 4.98 Å². The number of hydrogen-bond donors (Lipinski definition) is 1. The van der Waals surface area contributed by atoms with Gasteiger partial charge in [-0.2, -0.15) is 0 Å². The van der Waals surface area contributed by atoms with Gasteiger partial charge in [0.25, 0.3) is 0 Å². The molecule has 0 aromatic carbocycles. The van der Waals surface area contributed by atoms with Crippen LogP contribution in [0.4, 0.5) is 5.82 Å². The van der Waals surface area contributed by atoms with Crippen LogP contribution in [0.25, 0.3) is 0 Å². The van der Waals surface area contributed by atoms with Crippen molar-refractivity contribution in [3.05, 3.63) is 23.4 Å². The Hall–Kier alpha value is -0.800. The summed E-state index contributed by atoms with van der Waals surface area (Å²) in [4.78, 5) is 4.23. The van der Waals surface area contributed by atoms with Crippen LogP contribution in [0.1, 0.15) is 19.8 Å². The Morgan fingerprint density at radius 1 is 1.44 bits per heavy atom. The molecule has 1 unspecified atom stereocenters. The summed E-state index contributed by atoms with van der Waals surface area (Å²) in [7, 11) is 0. The number of rotatable bonds is 3. The highest BCUT2D eigenvalue weighted by Crippen LogP contribution is 2.21. The Morgan fingerprint density at radius 2 is 2.19 bits per heavy atom. The van der Waals surface area contributed by atoms with Gasteiger partial charge in [-0.3, -0.25) is 0 Å². The summed E-state index contributed by atoms with van der Waals surface area (Å²) in [6, 6.07) is 6.05. The molecule has 0 aliphatic carbocycles. The Balaban J connectivity index is 1.93. The van der Waals surface area contributed by atoms with Gasteiger partial charge in [-0.1, -0.05) is 17.7 Å². The van der Waals surface area contributed by atoms with Gasteiger partial charge < -0.3 is 10.1 Å². The van der Waals surface area contributed by atoms with Crippen molar-refractivity contribution in [2.75, 3.05) is 18.5 Å². The third-order valence-electron chi connectivity index (χ3n) is 3.06. The van der Waals surface area contributed by atoms with Gasteiger partial charge in [0.2, 0.25) is 0 Å². The molecule has 88 valence electrons. The van der Waals surface area contributed by atoms with Gasteiger partial charge in [0.1, 0.15) is 11.0 Å². The number of hydrogen-bond acceptors (Lipinski definition) is 3. The first-order chi connectivity index (χ1) is 7.75. The molecule has 4 heteroatoms. The van der Waals surface area contributed by atoms with Crippen molar-refractivity contribution < 1.29 is 4.74 Å². The second-order valence-electron chi connectivity index (χ2n) is 4.23. The summed E-state index contributed by atoms with van der Waals surface area (Å²) in [5, 5.41) is 3.93. The Labute approximate surface area is 101 Å². The van der Waals surface area contributed by atoms with Crippen LogP contribution in [-0.2, 0) is 4.74 Å². The fourth-order valence-corrected chi connectivity index (χ4v) is 2.22. The Kier molecular flexibility index (Phi) is 4.02. The van der Waals surface area contributed by atoms with Crippen LogP contribution in [-0.4, -0.2) is 24.2 Å². The van der Waals surface area contributed by atoms with Gasteiger partial charge in [0, 0.05) is 19.3 Å². The van der Waals surface area contributed by atoms with E-state index >= 15 is 0 Å². The van der Waals surface area contributed by atoms with E-state index in [1.54, 1.807) is 6.07 Å². The molecule has 1 aliphatic rings. The zero-order valence-corrected chi connectivity index (χ0v) is 10.2. The Bertz CT molecular complexity index is 340.